The van der Waals surface area contributed by atoms with Gasteiger partial charge in [0.1, 0.15) is 11.6 Å². The molecule has 0 amide bonds. The van der Waals surface area contributed by atoms with Crippen LogP contribution in [0.1, 0.15) is 24.0 Å². The highest BCUT2D eigenvalue weighted by atomic mass is 127. The van der Waals surface area contributed by atoms with Gasteiger partial charge in [-0.05, 0) is 30.5 Å². The maximum absolute atomic E-state index is 14.2. The maximum Gasteiger partial charge on any atom is 0.191 e. The standard InChI is InChI=1S/C22H28FN3O3.HI/c1-24-21(26-14-22(9-10-22)16-7-5-6-8-17(16)23)25-13-15-11-19(28-3)20(29-4)12-18(15)27-2;/h5-8,11-12H,9-10,13-14H2,1-4H3,(H2,24,25,26);1H. The highest BCUT2D eigenvalue weighted by Crippen LogP contribution is 2.48. The molecule has 0 aliphatic heterocycles. The molecule has 0 saturated heterocycles. The van der Waals surface area contributed by atoms with Crippen LogP contribution in [0.25, 0.3) is 0 Å². The van der Waals surface area contributed by atoms with Gasteiger partial charge in [-0.3, -0.25) is 4.99 Å². The molecule has 1 saturated carbocycles. The molecule has 2 aromatic rings. The summed E-state index contributed by atoms with van der Waals surface area (Å²) in [7, 11) is 6.51. The number of aliphatic imine (C=N–C) groups is 1. The molecule has 0 radical (unpaired) electrons. The lowest BCUT2D eigenvalue weighted by molar-refractivity contribution is 0.347. The van der Waals surface area contributed by atoms with E-state index < -0.39 is 0 Å². The monoisotopic (exact) mass is 529 g/mol. The summed E-state index contributed by atoms with van der Waals surface area (Å²) >= 11 is 0. The van der Waals surface area contributed by atoms with Gasteiger partial charge < -0.3 is 24.8 Å². The summed E-state index contributed by atoms with van der Waals surface area (Å²) in [5.74, 6) is 2.42. The Labute approximate surface area is 194 Å². The fourth-order valence-corrected chi connectivity index (χ4v) is 3.47. The molecule has 0 spiro atoms. The number of rotatable bonds is 8. The summed E-state index contributed by atoms with van der Waals surface area (Å²) in [6, 6.07) is 10.7. The van der Waals surface area contributed by atoms with Crippen LogP contribution in [0.5, 0.6) is 17.2 Å². The molecule has 2 aromatic carbocycles. The quantitative estimate of drug-likeness (QED) is 0.309. The number of methoxy groups -OCH3 is 3. The molecule has 3 rings (SSSR count). The summed E-state index contributed by atoms with van der Waals surface area (Å²) in [6.07, 6.45) is 1.92. The van der Waals surface area contributed by atoms with E-state index in [2.05, 4.69) is 15.6 Å². The van der Waals surface area contributed by atoms with E-state index in [4.69, 9.17) is 14.2 Å². The molecule has 1 aliphatic rings. The first-order valence-electron chi connectivity index (χ1n) is 9.55. The van der Waals surface area contributed by atoms with Gasteiger partial charge in [0.05, 0.1) is 21.3 Å². The molecular weight excluding hydrogens is 500 g/mol. The molecule has 30 heavy (non-hydrogen) atoms. The van der Waals surface area contributed by atoms with Gasteiger partial charge in [0, 0.05) is 37.2 Å². The van der Waals surface area contributed by atoms with Crippen molar-refractivity contribution in [1.29, 1.82) is 0 Å². The van der Waals surface area contributed by atoms with Gasteiger partial charge >= 0.3 is 0 Å². The molecule has 0 heterocycles. The van der Waals surface area contributed by atoms with E-state index in [1.807, 2.05) is 18.2 Å². The smallest absolute Gasteiger partial charge is 0.191 e. The molecule has 164 valence electrons. The third-order valence-corrected chi connectivity index (χ3v) is 5.35. The van der Waals surface area contributed by atoms with Gasteiger partial charge in [0.25, 0.3) is 0 Å². The van der Waals surface area contributed by atoms with Gasteiger partial charge in [0.15, 0.2) is 17.5 Å². The van der Waals surface area contributed by atoms with E-state index in [0.717, 1.165) is 24.0 Å². The number of hydrogen-bond donors (Lipinski definition) is 2. The number of benzene rings is 2. The van der Waals surface area contributed by atoms with E-state index in [1.165, 1.54) is 6.07 Å². The molecule has 0 aromatic heterocycles. The normalized spacial score (nSPS) is 14.4. The lowest BCUT2D eigenvalue weighted by Gasteiger charge is -2.20. The minimum atomic E-state index is -0.163. The molecule has 1 aliphatic carbocycles. The van der Waals surface area contributed by atoms with Crippen LogP contribution >= 0.6 is 24.0 Å². The van der Waals surface area contributed by atoms with Crippen molar-refractivity contribution in [2.45, 2.75) is 24.8 Å². The first-order chi connectivity index (χ1) is 14.1. The fraction of sp³-hybridized carbons (Fsp3) is 0.409. The van der Waals surface area contributed by atoms with E-state index in [9.17, 15) is 4.39 Å². The first-order valence-corrected chi connectivity index (χ1v) is 9.55. The van der Waals surface area contributed by atoms with E-state index in [1.54, 1.807) is 40.5 Å². The zero-order chi connectivity index (χ0) is 20.9. The van der Waals surface area contributed by atoms with Crippen LogP contribution in [-0.2, 0) is 12.0 Å². The molecule has 8 heteroatoms. The van der Waals surface area contributed by atoms with Crippen molar-refractivity contribution in [2.24, 2.45) is 4.99 Å². The maximum atomic E-state index is 14.2. The second kappa shape index (κ2) is 10.7. The van der Waals surface area contributed by atoms with E-state index in [0.29, 0.717) is 36.3 Å². The largest absolute Gasteiger partial charge is 0.496 e. The minimum absolute atomic E-state index is 0. The first kappa shape index (κ1) is 24.0. The average Bonchev–Trinajstić information content (AvgIpc) is 3.54. The third kappa shape index (κ3) is 5.27. The number of nitrogens with one attached hydrogen (secondary N) is 2. The minimum Gasteiger partial charge on any atom is -0.496 e. The molecule has 2 N–H and O–H groups in total. The molecule has 0 unspecified atom stereocenters. The van der Waals surface area contributed by atoms with Crippen LogP contribution in [0.2, 0.25) is 0 Å². The Balaban J connectivity index is 0.00000320. The van der Waals surface area contributed by atoms with E-state index >= 15 is 0 Å². The van der Waals surface area contributed by atoms with Crippen LogP contribution in [0.3, 0.4) is 0 Å². The summed E-state index contributed by atoms with van der Waals surface area (Å²) in [5.41, 5.74) is 1.51. The predicted octanol–water partition coefficient (Wildman–Crippen LogP) is 3.87. The Kier molecular flexibility index (Phi) is 8.57. The van der Waals surface area contributed by atoms with E-state index in [-0.39, 0.29) is 35.2 Å². The number of ether oxygens (including phenoxy) is 3. The summed E-state index contributed by atoms with van der Waals surface area (Å²) in [6.45, 7) is 1.10. The lowest BCUT2D eigenvalue weighted by Crippen LogP contribution is -2.41. The Morgan fingerprint density at radius 1 is 1.00 bits per heavy atom. The van der Waals surface area contributed by atoms with Crippen molar-refractivity contribution in [3.05, 3.63) is 53.3 Å². The Hall–Kier alpha value is -2.23. The van der Waals surface area contributed by atoms with Crippen molar-refractivity contribution in [1.82, 2.24) is 10.6 Å². The van der Waals surface area contributed by atoms with Crippen molar-refractivity contribution in [2.75, 3.05) is 34.9 Å². The summed E-state index contributed by atoms with van der Waals surface area (Å²) in [4.78, 5) is 4.29. The topological polar surface area (TPSA) is 64.1 Å². The van der Waals surface area contributed by atoms with Gasteiger partial charge in [-0.25, -0.2) is 4.39 Å². The van der Waals surface area contributed by atoms with Gasteiger partial charge in [-0.1, -0.05) is 18.2 Å². The zero-order valence-electron chi connectivity index (χ0n) is 17.8. The third-order valence-electron chi connectivity index (χ3n) is 5.35. The average molecular weight is 529 g/mol. The Morgan fingerprint density at radius 3 is 2.20 bits per heavy atom. The molecule has 6 nitrogen and oxygen atoms in total. The summed E-state index contributed by atoms with van der Waals surface area (Å²) < 4.78 is 30.4. The highest BCUT2D eigenvalue weighted by Gasteiger charge is 2.45. The lowest BCUT2D eigenvalue weighted by atomic mass is 9.95. The predicted molar refractivity (Wildman–Crippen MR) is 127 cm³/mol. The number of guanidine groups is 1. The van der Waals surface area contributed by atoms with Crippen LogP contribution in [-0.4, -0.2) is 40.9 Å². The molecule has 0 atom stereocenters. The van der Waals surface area contributed by atoms with Crippen molar-refractivity contribution in [3.63, 3.8) is 0 Å². The van der Waals surface area contributed by atoms with Gasteiger partial charge in [0.2, 0.25) is 0 Å². The summed E-state index contributed by atoms with van der Waals surface area (Å²) in [5, 5.41) is 6.62. The number of halogens is 2. The second-order valence-corrected chi connectivity index (χ2v) is 7.06. The zero-order valence-corrected chi connectivity index (χ0v) is 20.1. The molecule has 0 bridgehead atoms. The SMILES string of the molecule is CN=C(NCc1cc(OC)c(OC)cc1OC)NCC1(c2ccccc2F)CC1.I. The van der Waals surface area contributed by atoms with Gasteiger partial charge in [-0.2, -0.15) is 0 Å². The highest BCUT2D eigenvalue weighted by molar-refractivity contribution is 14.0. The van der Waals surface area contributed by atoms with Crippen molar-refractivity contribution >= 4 is 29.9 Å². The van der Waals surface area contributed by atoms with Crippen LogP contribution in [0.4, 0.5) is 4.39 Å². The molecular formula is C22H29FIN3O3. The number of hydrogen-bond acceptors (Lipinski definition) is 4. The Morgan fingerprint density at radius 2 is 1.63 bits per heavy atom. The second-order valence-electron chi connectivity index (χ2n) is 7.06. The van der Waals surface area contributed by atoms with Gasteiger partial charge in [-0.15, -0.1) is 24.0 Å². The van der Waals surface area contributed by atoms with Crippen LogP contribution < -0.4 is 24.8 Å². The van der Waals surface area contributed by atoms with Crippen molar-refractivity contribution in [3.8, 4) is 17.2 Å². The Bertz CT molecular complexity index is 888. The molecule has 1 fully saturated rings. The number of nitrogens with zero attached hydrogens (tertiary/aromatic N) is 1. The van der Waals surface area contributed by atoms with Crippen LogP contribution in [0.15, 0.2) is 41.4 Å². The van der Waals surface area contributed by atoms with Crippen molar-refractivity contribution < 1.29 is 18.6 Å². The fourth-order valence-electron chi connectivity index (χ4n) is 3.47. The van der Waals surface area contributed by atoms with Crippen LogP contribution in [0, 0.1) is 5.82 Å².